The van der Waals surface area contributed by atoms with Crippen LogP contribution in [0, 0.1) is 0 Å². The molecule has 0 spiro atoms. The van der Waals surface area contributed by atoms with Crippen LogP contribution in [-0.2, 0) is 24.3 Å². The van der Waals surface area contributed by atoms with Crippen molar-refractivity contribution in [2.45, 2.75) is 0 Å². The van der Waals surface area contributed by atoms with Crippen LogP contribution in [0.3, 0.4) is 0 Å². The third-order valence-electron chi connectivity index (χ3n) is 0.175. The van der Waals surface area contributed by atoms with E-state index >= 15 is 0 Å². The topological polar surface area (TPSA) is 63.3 Å². The minimum atomic E-state index is -0.968. The van der Waals surface area contributed by atoms with Gasteiger partial charge in [0.1, 0.15) is 0 Å². The first-order valence-electron chi connectivity index (χ1n) is 1.19. The fourth-order valence-electron chi connectivity index (χ4n) is 0. The van der Waals surface area contributed by atoms with Crippen LogP contribution < -0.4 is 5.73 Å². The second-order valence-electron chi connectivity index (χ2n) is 0.598. The van der Waals surface area contributed by atoms with Crippen LogP contribution >= 0.6 is 24.0 Å². The number of hydrogen-bond acceptors (Lipinski definition) is 2. The second kappa shape index (κ2) is 16.0. The molecule has 0 aromatic rings. The van der Waals surface area contributed by atoms with E-state index in [9.17, 15) is 4.79 Å². The first-order valence-corrected chi connectivity index (χ1v) is 1.19. The van der Waals surface area contributed by atoms with E-state index in [2.05, 4.69) is 5.73 Å². The van der Waals surface area contributed by atoms with Crippen molar-refractivity contribution in [3.05, 3.63) is 0 Å². The van der Waals surface area contributed by atoms with Crippen molar-refractivity contribution < 1.29 is 29.4 Å². The van der Waals surface area contributed by atoms with E-state index < -0.39 is 5.97 Å². The third-order valence-corrected chi connectivity index (χ3v) is 0.175. The Morgan fingerprint density at radius 2 is 1.75 bits per heavy atom. The van der Waals surface area contributed by atoms with E-state index in [0.29, 0.717) is 0 Å². The summed E-state index contributed by atoms with van der Waals surface area (Å²) >= 11 is 0. The van der Waals surface area contributed by atoms with Crippen LogP contribution in [-0.4, -0.2) is 55.4 Å². The molecule has 0 unspecified atom stereocenters. The van der Waals surface area contributed by atoms with Gasteiger partial charge in [0, 0.05) is 19.5 Å². The Labute approximate surface area is 108 Å². The van der Waals surface area contributed by atoms with Gasteiger partial charge in [-0.15, -0.1) is 24.0 Å². The molecule has 0 saturated heterocycles. The van der Waals surface area contributed by atoms with Gasteiger partial charge < -0.3 is 10.8 Å². The molecule has 3 N–H and O–H groups in total. The molecular weight excluding hydrogens is 302 g/mol. The van der Waals surface area contributed by atoms with Crippen LogP contribution in [0.5, 0.6) is 0 Å². The van der Waals surface area contributed by atoms with Crippen LogP contribution in [0.4, 0.5) is 0 Å². The van der Waals surface area contributed by atoms with Gasteiger partial charge in [-0.2, -0.15) is 0 Å². The zero-order valence-electron chi connectivity index (χ0n) is 3.76. The number of hydrogen-bond donors (Lipinski definition) is 2. The number of carbonyl (C=O) groups is 1. The van der Waals surface area contributed by atoms with Gasteiger partial charge in [0.05, 0.1) is 6.54 Å². The number of carboxylic acid groups (broad SMARTS) is 1. The van der Waals surface area contributed by atoms with Crippen molar-refractivity contribution in [2.24, 2.45) is 5.73 Å². The van der Waals surface area contributed by atoms with Gasteiger partial charge in [-0.1, -0.05) is 0 Å². The molecule has 0 saturated carbocycles. The van der Waals surface area contributed by atoms with E-state index in [1.807, 2.05) is 0 Å². The summed E-state index contributed by atoms with van der Waals surface area (Å²) in [5.74, 6) is -0.968. The number of rotatable bonds is 1. The van der Waals surface area contributed by atoms with Crippen molar-refractivity contribution in [1.29, 1.82) is 0 Å². The zero-order valence-corrected chi connectivity index (χ0v) is 9.05. The van der Waals surface area contributed by atoms with E-state index in [1.54, 1.807) is 0 Å². The predicted molar refractivity (Wildman–Crippen MR) is 40.6 cm³/mol. The average Bonchev–Trinajstić information content (AvgIpc) is 1.38. The van der Waals surface area contributed by atoms with Crippen LogP contribution in [0.2, 0.25) is 0 Å². The molecule has 0 radical (unpaired) electrons. The summed E-state index contributed by atoms with van der Waals surface area (Å²) in [6.07, 6.45) is 0. The fraction of sp³-hybridized carbons (Fsp3) is 0.500. The van der Waals surface area contributed by atoms with Crippen molar-refractivity contribution in [2.75, 3.05) is 6.54 Å². The van der Waals surface area contributed by atoms with Crippen molar-refractivity contribution in [3.63, 3.8) is 0 Å². The summed E-state index contributed by atoms with van der Waals surface area (Å²) in [7, 11) is 0. The Bertz CT molecular complexity index is 55.3. The summed E-state index contributed by atoms with van der Waals surface area (Å²) in [6, 6.07) is 0. The predicted octanol–water partition coefficient (Wildman–Crippen LogP) is -1.27. The summed E-state index contributed by atoms with van der Waals surface area (Å²) < 4.78 is 0. The molecule has 0 aliphatic rings. The Hall–Kier alpha value is 2.04. The van der Waals surface area contributed by atoms with Crippen LogP contribution in [0.1, 0.15) is 0 Å². The molecule has 0 aromatic carbocycles. The number of halogens is 1. The van der Waals surface area contributed by atoms with Gasteiger partial charge in [0.25, 0.3) is 0 Å². The van der Waals surface area contributed by atoms with E-state index in [1.165, 1.54) is 0 Å². The molecule has 44 valence electrons. The quantitative estimate of drug-likeness (QED) is 0.469. The minimum Gasteiger partial charge on any atom is 0 e. The molecule has 0 bridgehead atoms. The van der Waals surface area contributed by atoms with Crippen LogP contribution in [0.15, 0.2) is 0 Å². The molecule has 0 aliphatic heterocycles. The molecule has 6 heteroatoms. The Kier molecular flexibility index (Phi) is 45.0. The van der Waals surface area contributed by atoms with E-state index in [0.717, 1.165) is 0 Å². The molecule has 0 aromatic heterocycles. The maximum atomic E-state index is 9.24. The van der Waals surface area contributed by atoms with E-state index in [-0.39, 0.29) is 87.7 Å². The van der Waals surface area contributed by atoms with Gasteiger partial charge in [-0.3, -0.25) is 4.79 Å². The van der Waals surface area contributed by atoms with Gasteiger partial charge >= 0.3 is 43.7 Å². The van der Waals surface area contributed by atoms with Gasteiger partial charge in [-0.05, 0) is 0 Å². The molecule has 0 heterocycles. The monoisotopic (exact) mass is 309 g/mol. The molecule has 8 heavy (non-hydrogen) atoms. The Balaban J connectivity index is -0.0000000267. The summed E-state index contributed by atoms with van der Waals surface area (Å²) in [4.78, 5) is 9.24. The molecule has 0 aliphatic carbocycles. The molecule has 0 atom stereocenters. The summed E-state index contributed by atoms with van der Waals surface area (Å²) in [5.41, 5.74) is 4.57. The zero-order chi connectivity index (χ0) is 4.28. The Morgan fingerprint density at radius 3 is 1.75 bits per heavy atom. The fourth-order valence-corrected chi connectivity index (χ4v) is 0. The molecule has 0 amide bonds. The average molecular weight is 310 g/mol. The van der Waals surface area contributed by atoms with E-state index in [4.69, 9.17) is 5.11 Å². The second-order valence-corrected chi connectivity index (χ2v) is 0.598. The maximum absolute atomic E-state index is 9.24. The normalized spacial score (nSPS) is 4.62. The largest absolute Gasteiger partial charge is 0 e. The summed E-state index contributed by atoms with van der Waals surface area (Å²) in [6.45, 7) is -0.278. The number of aliphatic carboxylic acids is 1. The van der Waals surface area contributed by atoms with Crippen molar-refractivity contribution in [3.8, 4) is 0 Å². The smallest absolute Gasteiger partial charge is 0 e. The maximum Gasteiger partial charge on any atom is 0 e. The SMILES string of the molecule is I.NCC(=O)O.[CaH2].[Zn]. The van der Waals surface area contributed by atoms with Gasteiger partial charge in [0.15, 0.2) is 0 Å². The molecular formula is C2H8CaINO2Zn. The van der Waals surface area contributed by atoms with Crippen molar-refractivity contribution in [1.82, 2.24) is 0 Å². The van der Waals surface area contributed by atoms with Crippen molar-refractivity contribution >= 4 is 67.7 Å². The van der Waals surface area contributed by atoms with Gasteiger partial charge in [0.2, 0.25) is 0 Å². The van der Waals surface area contributed by atoms with Crippen LogP contribution in [0.25, 0.3) is 0 Å². The summed E-state index contributed by atoms with van der Waals surface area (Å²) in [5, 5.41) is 7.60. The first-order chi connectivity index (χ1) is 2.27. The minimum absolute atomic E-state index is 0. The Morgan fingerprint density at radius 1 is 1.62 bits per heavy atom. The number of carboxylic acids is 1. The third kappa shape index (κ3) is 24.4. The first kappa shape index (κ1) is 22.5. The molecule has 0 fully saturated rings. The molecule has 0 rings (SSSR count). The number of nitrogens with two attached hydrogens (primary N) is 1. The van der Waals surface area contributed by atoms with Gasteiger partial charge in [-0.25, -0.2) is 0 Å². The standard InChI is InChI=1S/C2H5NO2.Ca.HI.Zn.2H/c3-1-2(4)5;;;;;/h1,3H2,(H,4,5);;1H;;;. The molecule has 3 nitrogen and oxygen atoms in total.